The largest absolute Gasteiger partial charge is 0.480 e. The number of aliphatic carboxylic acids is 1. The van der Waals surface area contributed by atoms with Crippen molar-refractivity contribution in [1.82, 2.24) is 5.32 Å². The molecule has 4 heteroatoms. The SMILES string of the molecule is O=C(O)C(Cc1ccc(Br)c2ccccc12)NC(c1ccccc1)(c1ccccc1)c1ccccc1. The summed E-state index contributed by atoms with van der Waals surface area (Å²) in [5, 5.41) is 16.2. The van der Waals surface area contributed by atoms with Crippen molar-refractivity contribution in [1.29, 1.82) is 0 Å². The first kappa shape index (κ1) is 24.0. The van der Waals surface area contributed by atoms with Gasteiger partial charge in [-0.05, 0) is 45.5 Å². The highest BCUT2D eigenvalue weighted by molar-refractivity contribution is 9.10. The number of hydrogen-bond acceptors (Lipinski definition) is 2. The summed E-state index contributed by atoms with van der Waals surface area (Å²) in [5.41, 5.74) is 3.06. The van der Waals surface area contributed by atoms with Crippen LogP contribution in [0.1, 0.15) is 22.3 Å². The molecule has 0 saturated heterocycles. The lowest BCUT2D eigenvalue weighted by Crippen LogP contribution is -2.53. The van der Waals surface area contributed by atoms with E-state index < -0.39 is 17.6 Å². The third-order valence-electron chi connectivity index (χ3n) is 6.69. The van der Waals surface area contributed by atoms with E-state index in [1.165, 1.54) is 0 Å². The molecule has 0 radical (unpaired) electrons. The summed E-state index contributed by atoms with van der Waals surface area (Å²) in [6.45, 7) is 0. The number of benzene rings is 5. The van der Waals surface area contributed by atoms with E-state index in [-0.39, 0.29) is 0 Å². The number of carbonyl (C=O) groups is 1. The van der Waals surface area contributed by atoms with Crippen LogP contribution in [-0.2, 0) is 16.8 Å². The Kier molecular flexibility index (Phi) is 6.99. The van der Waals surface area contributed by atoms with E-state index in [0.29, 0.717) is 6.42 Å². The van der Waals surface area contributed by atoms with Crippen LogP contribution >= 0.6 is 15.9 Å². The van der Waals surface area contributed by atoms with E-state index >= 15 is 0 Å². The maximum absolute atomic E-state index is 12.8. The smallest absolute Gasteiger partial charge is 0.321 e. The summed E-state index contributed by atoms with van der Waals surface area (Å²) in [7, 11) is 0. The van der Waals surface area contributed by atoms with Crippen LogP contribution in [0.3, 0.4) is 0 Å². The van der Waals surface area contributed by atoms with Gasteiger partial charge in [0.2, 0.25) is 0 Å². The van der Waals surface area contributed by atoms with E-state index in [1.807, 2.05) is 91.0 Å². The van der Waals surface area contributed by atoms with Crippen LogP contribution in [0.5, 0.6) is 0 Å². The molecular weight excluding hydrogens is 510 g/mol. The standard InChI is InChI=1S/C32H26BrNO2/c33-29-21-20-23(27-18-10-11-19-28(27)29)22-30(31(35)36)34-32(24-12-4-1-5-13-24,25-14-6-2-7-15-25)26-16-8-3-9-17-26/h1-21,30,34H,22H2,(H,35,36). The van der Waals surface area contributed by atoms with Gasteiger partial charge in [-0.25, -0.2) is 0 Å². The first-order valence-corrected chi connectivity index (χ1v) is 12.7. The van der Waals surface area contributed by atoms with Crippen molar-refractivity contribution in [2.45, 2.75) is 18.0 Å². The molecule has 5 aromatic rings. The molecule has 0 aliphatic carbocycles. The fourth-order valence-electron chi connectivity index (χ4n) is 5.00. The zero-order valence-electron chi connectivity index (χ0n) is 19.6. The highest BCUT2D eigenvalue weighted by Gasteiger charge is 2.39. The van der Waals surface area contributed by atoms with E-state index in [2.05, 4.69) is 57.6 Å². The van der Waals surface area contributed by atoms with Crippen LogP contribution in [0, 0.1) is 0 Å². The molecule has 0 amide bonds. The number of carboxylic acid groups (broad SMARTS) is 1. The quantitative estimate of drug-likeness (QED) is 0.207. The molecule has 0 heterocycles. The predicted octanol–water partition coefficient (Wildman–Crippen LogP) is 7.18. The second-order valence-electron chi connectivity index (χ2n) is 8.84. The van der Waals surface area contributed by atoms with E-state index in [1.54, 1.807) is 0 Å². The van der Waals surface area contributed by atoms with Crippen molar-refractivity contribution in [3.8, 4) is 0 Å². The molecule has 2 N–H and O–H groups in total. The molecule has 0 aromatic heterocycles. The average Bonchev–Trinajstić information content (AvgIpc) is 2.94. The zero-order valence-corrected chi connectivity index (χ0v) is 21.2. The highest BCUT2D eigenvalue weighted by Crippen LogP contribution is 2.38. The van der Waals surface area contributed by atoms with Crippen LogP contribution < -0.4 is 5.32 Å². The summed E-state index contributed by atoms with van der Waals surface area (Å²) in [6, 6.07) is 41.5. The number of nitrogens with one attached hydrogen (secondary N) is 1. The van der Waals surface area contributed by atoms with Gasteiger partial charge in [0.25, 0.3) is 0 Å². The number of hydrogen-bond donors (Lipinski definition) is 2. The summed E-state index contributed by atoms with van der Waals surface area (Å²) in [4.78, 5) is 12.8. The average molecular weight is 536 g/mol. The van der Waals surface area contributed by atoms with Crippen molar-refractivity contribution in [3.63, 3.8) is 0 Å². The minimum atomic E-state index is -0.894. The Morgan fingerprint density at radius 3 is 1.58 bits per heavy atom. The molecule has 0 spiro atoms. The Balaban J connectivity index is 1.68. The van der Waals surface area contributed by atoms with Crippen molar-refractivity contribution in [2.75, 3.05) is 0 Å². The maximum atomic E-state index is 12.8. The van der Waals surface area contributed by atoms with Crippen LogP contribution in [0.25, 0.3) is 10.8 Å². The fourth-order valence-corrected chi connectivity index (χ4v) is 5.48. The van der Waals surface area contributed by atoms with Crippen LogP contribution in [0.15, 0.2) is 132 Å². The third-order valence-corrected chi connectivity index (χ3v) is 7.39. The maximum Gasteiger partial charge on any atom is 0.321 e. The molecule has 0 saturated carbocycles. The lowest BCUT2D eigenvalue weighted by Gasteiger charge is -2.39. The Labute approximate surface area is 219 Å². The summed E-state index contributed by atoms with van der Waals surface area (Å²) in [6.07, 6.45) is 0.331. The number of halogens is 1. The molecule has 1 atom stereocenters. The second-order valence-corrected chi connectivity index (χ2v) is 9.69. The summed E-state index contributed by atoms with van der Waals surface area (Å²) < 4.78 is 0.994. The molecule has 3 nitrogen and oxygen atoms in total. The zero-order chi connectivity index (χ0) is 25.0. The number of rotatable bonds is 8. The van der Waals surface area contributed by atoms with Gasteiger partial charge in [-0.1, -0.05) is 137 Å². The van der Waals surface area contributed by atoms with Gasteiger partial charge in [0.15, 0.2) is 0 Å². The molecule has 5 rings (SSSR count). The molecule has 0 bridgehead atoms. The number of carboxylic acids is 1. The van der Waals surface area contributed by atoms with Gasteiger partial charge in [-0.3, -0.25) is 10.1 Å². The second kappa shape index (κ2) is 10.5. The van der Waals surface area contributed by atoms with Gasteiger partial charge >= 0.3 is 5.97 Å². The number of fused-ring (bicyclic) bond motifs is 1. The van der Waals surface area contributed by atoms with Gasteiger partial charge in [-0.15, -0.1) is 0 Å². The van der Waals surface area contributed by atoms with Gasteiger partial charge in [-0.2, -0.15) is 0 Å². The topological polar surface area (TPSA) is 49.3 Å². The molecule has 1 unspecified atom stereocenters. The molecule has 36 heavy (non-hydrogen) atoms. The predicted molar refractivity (Wildman–Crippen MR) is 149 cm³/mol. The van der Waals surface area contributed by atoms with Crippen LogP contribution in [0.2, 0.25) is 0 Å². The molecule has 178 valence electrons. The van der Waals surface area contributed by atoms with E-state index in [4.69, 9.17) is 0 Å². The van der Waals surface area contributed by atoms with E-state index in [0.717, 1.165) is 37.5 Å². The summed E-state index contributed by atoms with van der Waals surface area (Å²) in [5.74, 6) is -0.894. The van der Waals surface area contributed by atoms with Gasteiger partial charge < -0.3 is 5.11 Å². The monoisotopic (exact) mass is 535 g/mol. The molecule has 0 fully saturated rings. The fraction of sp³-hybridized carbons (Fsp3) is 0.0938. The van der Waals surface area contributed by atoms with Gasteiger partial charge in [0.05, 0.1) is 5.54 Å². The first-order valence-electron chi connectivity index (χ1n) is 11.9. The third kappa shape index (κ3) is 4.58. The van der Waals surface area contributed by atoms with Crippen LogP contribution in [-0.4, -0.2) is 17.1 Å². The van der Waals surface area contributed by atoms with Crippen molar-refractivity contribution < 1.29 is 9.90 Å². The Bertz CT molecular complexity index is 1370. The molecular formula is C32H26BrNO2. The highest BCUT2D eigenvalue weighted by atomic mass is 79.9. The van der Waals surface area contributed by atoms with Gasteiger partial charge in [0, 0.05) is 4.47 Å². The molecule has 0 aliphatic heterocycles. The lowest BCUT2D eigenvalue weighted by molar-refractivity contribution is -0.139. The molecule has 5 aromatic carbocycles. The Hall–Kier alpha value is -3.73. The lowest BCUT2D eigenvalue weighted by atomic mass is 9.76. The van der Waals surface area contributed by atoms with E-state index in [9.17, 15) is 9.90 Å². The van der Waals surface area contributed by atoms with Crippen molar-refractivity contribution in [2.24, 2.45) is 0 Å². The van der Waals surface area contributed by atoms with Gasteiger partial charge in [0.1, 0.15) is 6.04 Å². The first-order chi connectivity index (χ1) is 17.6. The van der Waals surface area contributed by atoms with Crippen molar-refractivity contribution in [3.05, 3.63) is 154 Å². The molecule has 0 aliphatic rings. The Morgan fingerprint density at radius 1 is 0.667 bits per heavy atom. The van der Waals surface area contributed by atoms with Crippen molar-refractivity contribution >= 4 is 32.7 Å². The summed E-state index contributed by atoms with van der Waals surface area (Å²) >= 11 is 3.63. The Morgan fingerprint density at radius 2 is 1.11 bits per heavy atom. The normalized spacial score (nSPS) is 12.4. The minimum Gasteiger partial charge on any atom is -0.480 e. The minimum absolute atomic E-state index is 0.331. The van der Waals surface area contributed by atoms with Crippen LogP contribution in [0.4, 0.5) is 0 Å².